The van der Waals surface area contributed by atoms with E-state index >= 15 is 0 Å². The number of ketones is 1. The Morgan fingerprint density at radius 2 is 1.45 bits per heavy atom. The van der Waals surface area contributed by atoms with Crippen LogP contribution in [0.5, 0.6) is 0 Å². The van der Waals surface area contributed by atoms with Crippen molar-refractivity contribution >= 4 is 23.4 Å². The molecule has 22 heavy (non-hydrogen) atoms. The lowest BCUT2D eigenvalue weighted by Crippen LogP contribution is -2.37. The van der Waals surface area contributed by atoms with Crippen LogP contribution in [0, 0.1) is 11.8 Å². The third kappa shape index (κ3) is 4.31. The second-order valence-electron chi connectivity index (χ2n) is 4.76. The molecule has 0 spiro atoms. The van der Waals surface area contributed by atoms with E-state index in [9.17, 15) is 14.4 Å². The van der Waals surface area contributed by atoms with E-state index in [2.05, 4.69) is 0 Å². The van der Waals surface area contributed by atoms with Crippen molar-refractivity contribution in [1.29, 1.82) is 0 Å². The highest BCUT2D eigenvalue weighted by molar-refractivity contribution is 6.05. The molecule has 0 bridgehead atoms. The molecule has 0 aliphatic rings. The molecule has 1 aromatic rings. The first-order chi connectivity index (χ1) is 10.4. The third-order valence-corrected chi connectivity index (χ3v) is 3.19. The number of esters is 2. The van der Waals surface area contributed by atoms with Crippen LogP contribution in [0.1, 0.15) is 31.1 Å². The Morgan fingerprint density at radius 1 is 1.00 bits per heavy atom. The molecule has 120 valence electrons. The van der Waals surface area contributed by atoms with Crippen LogP contribution in [0.4, 0.5) is 5.69 Å². The Hall–Kier alpha value is -2.37. The molecule has 0 heterocycles. The maximum Gasteiger partial charge on any atom is 0.321 e. The van der Waals surface area contributed by atoms with Gasteiger partial charge in [0.15, 0.2) is 11.7 Å². The van der Waals surface area contributed by atoms with Gasteiger partial charge in [-0.25, -0.2) is 0 Å². The largest absolute Gasteiger partial charge is 0.465 e. The average molecular weight is 307 g/mol. The molecule has 0 aliphatic heterocycles. The smallest absolute Gasteiger partial charge is 0.321 e. The summed E-state index contributed by atoms with van der Waals surface area (Å²) >= 11 is 0. The fourth-order valence-corrected chi connectivity index (χ4v) is 2.03. The Morgan fingerprint density at radius 3 is 1.86 bits per heavy atom. The van der Waals surface area contributed by atoms with Gasteiger partial charge in [0, 0.05) is 17.2 Å². The highest BCUT2D eigenvalue weighted by Gasteiger charge is 2.39. The van der Waals surface area contributed by atoms with E-state index in [1.165, 1.54) is 6.92 Å². The van der Waals surface area contributed by atoms with E-state index in [1.54, 1.807) is 38.1 Å². The van der Waals surface area contributed by atoms with Gasteiger partial charge < -0.3 is 15.2 Å². The van der Waals surface area contributed by atoms with Crippen molar-refractivity contribution in [1.82, 2.24) is 0 Å². The van der Waals surface area contributed by atoms with Gasteiger partial charge in [0.25, 0.3) is 0 Å². The van der Waals surface area contributed by atoms with Gasteiger partial charge in [-0.15, -0.1) is 0 Å². The monoisotopic (exact) mass is 307 g/mol. The second-order valence-corrected chi connectivity index (χ2v) is 4.76. The summed E-state index contributed by atoms with van der Waals surface area (Å²) in [6.45, 7) is 5.02. The summed E-state index contributed by atoms with van der Waals surface area (Å²) in [5.41, 5.74) is 6.48. The molecule has 0 saturated heterocycles. The lowest BCUT2D eigenvalue weighted by Gasteiger charge is -2.20. The fraction of sp³-hybridized carbons (Fsp3) is 0.438. The molecule has 1 aromatic carbocycles. The number of benzene rings is 1. The summed E-state index contributed by atoms with van der Waals surface area (Å²) in [7, 11) is 0. The minimum Gasteiger partial charge on any atom is -0.465 e. The number of nitrogens with two attached hydrogens (primary N) is 1. The molecule has 0 radical (unpaired) electrons. The van der Waals surface area contributed by atoms with Crippen molar-refractivity contribution in [2.45, 2.75) is 20.8 Å². The van der Waals surface area contributed by atoms with Crippen molar-refractivity contribution < 1.29 is 23.9 Å². The first-order valence-electron chi connectivity index (χ1n) is 7.15. The number of hydrogen-bond donors (Lipinski definition) is 1. The molecule has 6 nitrogen and oxygen atoms in total. The molecule has 1 unspecified atom stereocenters. The highest BCUT2D eigenvalue weighted by atomic mass is 16.6. The Labute approximate surface area is 129 Å². The van der Waals surface area contributed by atoms with Crippen LogP contribution in [0.25, 0.3) is 0 Å². The molecule has 1 atom stereocenters. The van der Waals surface area contributed by atoms with Crippen LogP contribution in [0.2, 0.25) is 0 Å². The molecule has 0 amide bonds. The van der Waals surface area contributed by atoms with Gasteiger partial charge in [0.05, 0.1) is 13.2 Å². The summed E-state index contributed by atoms with van der Waals surface area (Å²) in [4.78, 5) is 36.4. The zero-order chi connectivity index (χ0) is 16.7. The fourth-order valence-electron chi connectivity index (χ4n) is 2.03. The first-order valence-corrected chi connectivity index (χ1v) is 7.15. The Kier molecular flexibility index (Phi) is 6.56. The van der Waals surface area contributed by atoms with E-state index in [1.807, 2.05) is 0 Å². The highest BCUT2D eigenvalue weighted by Crippen LogP contribution is 2.21. The van der Waals surface area contributed by atoms with Crippen molar-refractivity contribution in [2.75, 3.05) is 18.9 Å². The number of hydrogen-bond acceptors (Lipinski definition) is 6. The molecule has 0 saturated carbocycles. The third-order valence-electron chi connectivity index (χ3n) is 3.19. The topological polar surface area (TPSA) is 95.7 Å². The summed E-state index contributed by atoms with van der Waals surface area (Å²) in [5.74, 6) is -4.01. The van der Waals surface area contributed by atoms with Gasteiger partial charge >= 0.3 is 11.9 Å². The molecule has 0 aromatic heterocycles. The summed E-state index contributed by atoms with van der Waals surface area (Å²) in [6, 6.07) is 6.29. The maximum atomic E-state index is 12.5. The van der Waals surface area contributed by atoms with E-state index in [4.69, 9.17) is 15.2 Å². The Balaban J connectivity index is 3.01. The number of carbonyl (C=O) groups is 3. The van der Waals surface area contributed by atoms with Crippen LogP contribution in [0.15, 0.2) is 24.3 Å². The number of carbonyl (C=O) groups excluding carboxylic acids is 3. The summed E-state index contributed by atoms with van der Waals surface area (Å²) < 4.78 is 9.77. The van der Waals surface area contributed by atoms with Crippen molar-refractivity contribution in [2.24, 2.45) is 11.8 Å². The maximum absolute atomic E-state index is 12.5. The molecular weight excluding hydrogens is 286 g/mol. The number of nitrogen functional groups attached to an aromatic ring is 1. The molecule has 0 aliphatic carbocycles. The van der Waals surface area contributed by atoms with Crippen LogP contribution in [0.3, 0.4) is 0 Å². The molecule has 0 fully saturated rings. The molecule has 2 N–H and O–H groups in total. The quantitative estimate of drug-likeness (QED) is 0.357. The van der Waals surface area contributed by atoms with Gasteiger partial charge in [-0.05, 0) is 38.1 Å². The van der Waals surface area contributed by atoms with Crippen LogP contribution in [-0.2, 0) is 19.1 Å². The molecule has 1 rings (SSSR count). The zero-order valence-electron chi connectivity index (χ0n) is 13.0. The minimum absolute atomic E-state index is 0.123. The lowest BCUT2D eigenvalue weighted by atomic mass is 9.87. The number of anilines is 1. The number of ether oxygens (including phenoxy) is 2. The summed E-state index contributed by atoms with van der Waals surface area (Å²) in [6.07, 6.45) is 0. The first kappa shape index (κ1) is 17.7. The van der Waals surface area contributed by atoms with Crippen molar-refractivity contribution in [3.63, 3.8) is 0 Å². The standard InChI is InChI=1S/C16H21NO5/c1-4-21-15(19)13(16(20)22-5-2)10(3)14(18)11-6-8-12(17)9-7-11/h6-10,13H,4-5,17H2,1-3H3. The normalized spacial score (nSPS) is 11.8. The van der Waals surface area contributed by atoms with Gasteiger partial charge in [-0.2, -0.15) is 0 Å². The van der Waals surface area contributed by atoms with E-state index in [0.717, 1.165) is 0 Å². The minimum atomic E-state index is -1.27. The van der Waals surface area contributed by atoms with E-state index < -0.39 is 23.8 Å². The number of Topliss-reactive ketones (excluding diaryl/α,β-unsaturated/α-hetero) is 1. The number of rotatable bonds is 7. The van der Waals surface area contributed by atoms with Gasteiger partial charge in [0.1, 0.15) is 0 Å². The van der Waals surface area contributed by atoms with E-state index in [0.29, 0.717) is 11.3 Å². The summed E-state index contributed by atoms with van der Waals surface area (Å²) in [5, 5.41) is 0. The lowest BCUT2D eigenvalue weighted by molar-refractivity contribution is -0.163. The van der Waals surface area contributed by atoms with Crippen LogP contribution < -0.4 is 5.73 Å². The SMILES string of the molecule is CCOC(=O)C(C(=O)OCC)C(C)C(=O)c1ccc(N)cc1. The molecular formula is C16H21NO5. The van der Waals surface area contributed by atoms with Crippen LogP contribution >= 0.6 is 0 Å². The predicted molar refractivity (Wildman–Crippen MR) is 81.1 cm³/mol. The Bertz CT molecular complexity index is 520. The van der Waals surface area contributed by atoms with Crippen molar-refractivity contribution in [3.8, 4) is 0 Å². The second kappa shape index (κ2) is 8.17. The van der Waals surface area contributed by atoms with Gasteiger partial charge in [0.2, 0.25) is 0 Å². The van der Waals surface area contributed by atoms with E-state index in [-0.39, 0.29) is 19.0 Å². The molecule has 6 heteroatoms. The van der Waals surface area contributed by atoms with Gasteiger partial charge in [-0.3, -0.25) is 14.4 Å². The predicted octanol–water partition coefficient (Wildman–Crippen LogP) is 1.83. The average Bonchev–Trinajstić information content (AvgIpc) is 2.48. The van der Waals surface area contributed by atoms with Gasteiger partial charge in [-0.1, -0.05) is 6.92 Å². The van der Waals surface area contributed by atoms with Crippen LogP contribution in [-0.4, -0.2) is 30.9 Å². The zero-order valence-corrected chi connectivity index (χ0v) is 13.0. The van der Waals surface area contributed by atoms with Crippen molar-refractivity contribution in [3.05, 3.63) is 29.8 Å².